The summed E-state index contributed by atoms with van der Waals surface area (Å²) in [7, 11) is 1.78. The van der Waals surface area contributed by atoms with Gasteiger partial charge in [-0.15, -0.1) is 0 Å². The molecule has 1 unspecified atom stereocenters. The quantitative estimate of drug-likeness (QED) is 0.235. The maximum Gasteiger partial charge on any atom is 0.416 e. The molecule has 10 heteroatoms. The zero-order chi connectivity index (χ0) is 27.6. The van der Waals surface area contributed by atoms with Gasteiger partial charge in [-0.3, -0.25) is 0 Å². The molecule has 0 fully saturated rings. The Bertz CT molecular complexity index is 1670. The topological polar surface area (TPSA) is 89.8 Å². The molecule has 0 bridgehead atoms. The van der Waals surface area contributed by atoms with E-state index in [2.05, 4.69) is 21.2 Å². The molecular weight excluding hydrogens is 507 g/mol. The number of benzene rings is 3. The van der Waals surface area contributed by atoms with E-state index in [4.69, 9.17) is 9.26 Å². The molecule has 0 saturated carbocycles. The fourth-order valence-electron chi connectivity index (χ4n) is 4.26. The van der Waals surface area contributed by atoms with E-state index in [0.717, 1.165) is 34.4 Å². The van der Waals surface area contributed by atoms with Gasteiger partial charge in [0.05, 0.1) is 42.0 Å². The van der Waals surface area contributed by atoms with Crippen molar-refractivity contribution in [3.8, 4) is 28.7 Å². The lowest BCUT2D eigenvalue weighted by Crippen LogP contribution is -2.12. The summed E-state index contributed by atoms with van der Waals surface area (Å²) in [6.45, 7) is 2.12. The van der Waals surface area contributed by atoms with E-state index >= 15 is 0 Å². The molecule has 0 N–H and O–H groups in total. The maximum absolute atomic E-state index is 13.2. The second-order valence-corrected chi connectivity index (χ2v) is 8.96. The Balaban J connectivity index is 1.46. The lowest BCUT2D eigenvalue weighted by molar-refractivity contribution is -0.137. The molecule has 0 aliphatic heterocycles. The Hall–Kier alpha value is -4.75. The number of halogens is 3. The molecule has 0 aliphatic rings. The van der Waals surface area contributed by atoms with Crippen molar-refractivity contribution in [3.05, 3.63) is 113 Å². The molecule has 0 spiro atoms. The van der Waals surface area contributed by atoms with Crippen LogP contribution in [0.3, 0.4) is 0 Å². The number of nitrogens with zero attached hydrogens (tertiary/aromatic N) is 5. The third kappa shape index (κ3) is 5.44. The van der Waals surface area contributed by atoms with Gasteiger partial charge in [0.2, 0.25) is 5.82 Å². The van der Waals surface area contributed by atoms with Gasteiger partial charge < -0.3 is 13.8 Å². The normalized spacial score (nSPS) is 12.3. The first-order valence-electron chi connectivity index (χ1n) is 11.9. The summed E-state index contributed by atoms with van der Waals surface area (Å²) in [6.07, 6.45) is -2.13. The Morgan fingerprint density at radius 2 is 1.87 bits per heavy atom. The van der Waals surface area contributed by atoms with E-state index in [0.29, 0.717) is 11.3 Å². The number of hydrogen-bond donors (Lipinski definition) is 0. The molecule has 39 heavy (non-hydrogen) atoms. The molecule has 3 aromatic carbocycles. The highest BCUT2D eigenvalue weighted by Crippen LogP contribution is 2.33. The SMILES string of the molecule is Cc1ccccc1-c1cc(COC(c2noc(-c3cccc(C(F)(F)F)c3)n2)c2cncn2C)ccc1C#N. The maximum atomic E-state index is 13.2. The molecule has 2 aromatic heterocycles. The van der Waals surface area contributed by atoms with Crippen LogP contribution < -0.4 is 0 Å². The Kier molecular flexibility index (Phi) is 7.00. The third-order valence-corrected chi connectivity index (χ3v) is 6.29. The Labute approximate surface area is 222 Å². The Morgan fingerprint density at radius 3 is 2.59 bits per heavy atom. The predicted molar refractivity (Wildman–Crippen MR) is 136 cm³/mol. The number of imidazole rings is 1. The lowest BCUT2D eigenvalue weighted by Gasteiger charge is -2.16. The van der Waals surface area contributed by atoms with E-state index in [1.165, 1.54) is 12.1 Å². The number of aryl methyl sites for hydroxylation is 2. The van der Waals surface area contributed by atoms with Gasteiger partial charge in [-0.05, 0) is 53.9 Å². The molecule has 5 rings (SSSR count). The lowest BCUT2D eigenvalue weighted by atomic mass is 9.95. The molecule has 7 nitrogen and oxygen atoms in total. The van der Waals surface area contributed by atoms with Crippen molar-refractivity contribution in [1.82, 2.24) is 19.7 Å². The molecule has 1 atom stereocenters. The average Bonchev–Trinajstić information content (AvgIpc) is 3.59. The molecule has 2 heterocycles. The summed E-state index contributed by atoms with van der Waals surface area (Å²) >= 11 is 0. The summed E-state index contributed by atoms with van der Waals surface area (Å²) in [5.41, 5.74) is 4.07. The molecule has 0 radical (unpaired) electrons. The van der Waals surface area contributed by atoms with Gasteiger partial charge >= 0.3 is 6.18 Å². The van der Waals surface area contributed by atoms with Crippen LogP contribution in [-0.4, -0.2) is 19.7 Å². The number of nitriles is 1. The van der Waals surface area contributed by atoms with Crippen molar-refractivity contribution >= 4 is 0 Å². The summed E-state index contributed by atoms with van der Waals surface area (Å²) < 4.78 is 52.9. The number of alkyl halides is 3. The molecule has 0 saturated heterocycles. The van der Waals surface area contributed by atoms with Crippen LogP contribution in [0.2, 0.25) is 0 Å². The van der Waals surface area contributed by atoms with Crippen LogP contribution in [0, 0.1) is 18.3 Å². The number of rotatable bonds is 7. The highest BCUT2D eigenvalue weighted by Gasteiger charge is 2.31. The van der Waals surface area contributed by atoms with Gasteiger partial charge in [-0.1, -0.05) is 41.6 Å². The van der Waals surface area contributed by atoms with Crippen molar-refractivity contribution in [2.24, 2.45) is 7.05 Å². The zero-order valence-electron chi connectivity index (χ0n) is 21.0. The minimum Gasteiger partial charge on any atom is -0.359 e. The van der Waals surface area contributed by atoms with Gasteiger partial charge in [0.1, 0.15) is 0 Å². The van der Waals surface area contributed by atoms with Crippen molar-refractivity contribution in [1.29, 1.82) is 5.26 Å². The van der Waals surface area contributed by atoms with E-state index in [-0.39, 0.29) is 23.9 Å². The summed E-state index contributed by atoms with van der Waals surface area (Å²) in [4.78, 5) is 8.51. The minimum atomic E-state index is -4.50. The van der Waals surface area contributed by atoms with Crippen LogP contribution in [0.15, 0.2) is 83.8 Å². The molecule has 0 amide bonds. The third-order valence-electron chi connectivity index (χ3n) is 6.29. The first-order chi connectivity index (χ1) is 18.7. The summed E-state index contributed by atoms with van der Waals surface area (Å²) in [5, 5.41) is 13.7. The van der Waals surface area contributed by atoms with Crippen molar-refractivity contribution in [2.75, 3.05) is 0 Å². The van der Waals surface area contributed by atoms with Gasteiger partial charge in [0.15, 0.2) is 6.10 Å². The standard InChI is InChI=1S/C29H22F3N5O2/c1-18-6-3-4-9-23(18)24-12-19(10-11-21(24)14-33)16-38-26(25-15-34-17-37(25)2)27-35-28(39-36-27)20-7-5-8-22(13-20)29(30,31)32/h3-13,15,17,26H,16H2,1-2H3. The van der Waals surface area contributed by atoms with Gasteiger partial charge in [0.25, 0.3) is 5.89 Å². The summed E-state index contributed by atoms with van der Waals surface area (Å²) in [5.74, 6) is 0.0749. The van der Waals surface area contributed by atoms with Crippen LogP contribution in [0.25, 0.3) is 22.6 Å². The van der Waals surface area contributed by atoms with Gasteiger partial charge in [-0.25, -0.2) is 4.98 Å². The van der Waals surface area contributed by atoms with Gasteiger partial charge in [0, 0.05) is 18.2 Å². The monoisotopic (exact) mass is 529 g/mol. The Morgan fingerprint density at radius 1 is 1.05 bits per heavy atom. The van der Waals surface area contributed by atoms with Crippen molar-refractivity contribution in [2.45, 2.75) is 25.8 Å². The van der Waals surface area contributed by atoms with E-state index < -0.39 is 17.8 Å². The second kappa shape index (κ2) is 10.6. The fraction of sp³-hybridized carbons (Fsp3) is 0.172. The zero-order valence-corrected chi connectivity index (χ0v) is 21.0. The smallest absolute Gasteiger partial charge is 0.359 e. The highest BCUT2D eigenvalue weighted by atomic mass is 19.4. The van der Waals surface area contributed by atoms with E-state index in [1.54, 1.807) is 30.2 Å². The van der Waals surface area contributed by atoms with Crippen molar-refractivity contribution in [3.63, 3.8) is 0 Å². The summed E-state index contributed by atoms with van der Waals surface area (Å²) in [6, 6.07) is 20.2. The first kappa shape index (κ1) is 25.9. The van der Waals surface area contributed by atoms with E-state index in [1.807, 2.05) is 43.3 Å². The molecule has 0 aliphatic carbocycles. The number of hydrogen-bond acceptors (Lipinski definition) is 6. The van der Waals surface area contributed by atoms with Crippen LogP contribution in [0.1, 0.15) is 39.9 Å². The first-order valence-corrected chi connectivity index (χ1v) is 11.9. The molecule has 196 valence electrons. The van der Waals surface area contributed by atoms with Crippen molar-refractivity contribution < 1.29 is 22.4 Å². The highest BCUT2D eigenvalue weighted by molar-refractivity contribution is 5.73. The van der Waals surface area contributed by atoms with Crippen LogP contribution in [0.5, 0.6) is 0 Å². The van der Waals surface area contributed by atoms with Crippen LogP contribution >= 0.6 is 0 Å². The molecular formula is C29H22F3N5O2. The van der Waals surface area contributed by atoms with Crippen LogP contribution in [0.4, 0.5) is 13.2 Å². The van der Waals surface area contributed by atoms with E-state index in [9.17, 15) is 18.4 Å². The number of aromatic nitrogens is 4. The minimum absolute atomic E-state index is 0.0629. The largest absolute Gasteiger partial charge is 0.416 e. The average molecular weight is 530 g/mol. The number of ether oxygens (including phenoxy) is 1. The predicted octanol–water partition coefficient (Wildman–Crippen LogP) is 6.64. The fourth-order valence-corrected chi connectivity index (χ4v) is 4.26. The van der Waals surface area contributed by atoms with Gasteiger partial charge in [-0.2, -0.15) is 23.4 Å². The molecule has 5 aromatic rings. The second-order valence-electron chi connectivity index (χ2n) is 8.96. The van der Waals surface area contributed by atoms with Crippen LogP contribution in [-0.2, 0) is 24.6 Å².